The van der Waals surface area contributed by atoms with E-state index in [0.29, 0.717) is 11.9 Å². The molecule has 2 rings (SSSR count). The van der Waals surface area contributed by atoms with Gasteiger partial charge in [0.05, 0.1) is 0 Å². The van der Waals surface area contributed by atoms with Crippen LogP contribution in [-0.2, 0) is 0 Å². The van der Waals surface area contributed by atoms with Gasteiger partial charge in [-0.2, -0.15) is 0 Å². The molecule has 0 aromatic carbocycles. The maximum atomic E-state index is 10.7. The van der Waals surface area contributed by atoms with E-state index >= 15 is 0 Å². The summed E-state index contributed by atoms with van der Waals surface area (Å²) in [5.74, 6) is -0.450. The Morgan fingerprint density at radius 2 is 2.27 bits per heavy atom. The van der Waals surface area contributed by atoms with Gasteiger partial charge in [-0.15, -0.1) is 0 Å². The molecule has 1 aliphatic rings. The average Bonchev–Trinajstić information content (AvgIpc) is 2.74. The summed E-state index contributed by atoms with van der Waals surface area (Å²) < 4.78 is 0. The number of carbonyl (C=O) groups is 1. The van der Waals surface area contributed by atoms with Crippen LogP contribution < -0.4 is 5.32 Å². The normalized spacial score (nSPS) is 22.1. The van der Waals surface area contributed by atoms with Gasteiger partial charge in [-0.25, -0.2) is 14.8 Å². The summed E-state index contributed by atoms with van der Waals surface area (Å²) in [5.41, 5.74) is 0.305. The quantitative estimate of drug-likeness (QED) is 0.783. The van der Waals surface area contributed by atoms with Gasteiger partial charge in [0.1, 0.15) is 12.1 Å². The molecule has 1 saturated carbocycles. The molecular weight excluding hydrogens is 194 g/mol. The molecule has 0 bridgehead atoms. The van der Waals surface area contributed by atoms with E-state index in [4.69, 9.17) is 5.11 Å². The second-order valence-electron chi connectivity index (χ2n) is 4.48. The molecule has 1 aliphatic carbocycles. The van der Waals surface area contributed by atoms with Crippen LogP contribution >= 0.6 is 0 Å². The minimum atomic E-state index is -1.03. The highest BCUT2D eigenvalue weighted by molar-refractivity contribution is 5.86. The van der Waals surface area contributed by atoms with E-state index in [-0.39, 0.29) is 11.1 Å². The van der Waals surface area contributed by atoms with Gasteiger partial charge in [-0.3, -0.25) is 0 Å². The number of nitrogens with one attached hydrogen (secondary N) is 1. The molecule has 2 N–H and O–H groups in total. The van der Waals surface area contributed by atoms with Crippen molar-refractivity contribution in [1.29, 1.82) is 0 Å². The summed E-state index contributed by atoms with van der Waals surface area (Å²) in [5, 5.41) is 11.9. The number of anilines is 1. The van der Waals surface area contributed by atoms with Gasteiger partial charge in [0.15, 0.2) is 5.69 Å². The second kappa shape index (κ2) is 3.18. The highest BCUT2D eigenvalue weighted by Gasteiger charge is 2.45. The lowest BCUT2D eigenvalue weighted by Crippen LogP contribution is -2.11. The molecule has 15 heavy (non-hydrogen) atoms. The van der Waals surface area contributed by atoms with Crippen molar-refractivity contribution < 1.29 is 9.90 Å². The van der Waals surface area contributed by atoms with Crippen LogP contribution in [0, 0.1) is 5.41 Å². The van der Waals surface area contributed by atoms with Crippen molar-refractivity contribution in [1.82, 2.24) is 9.97 Å². The Bertz CT molecular complexity index is 403. The first kappa shape index (κ1) is 9.89. The van der Waals surface area contributed by atoms with E-state index in [2.05, 4.69) is 29.1 Å². The zero-order valence-corrected chi connectivity index (χ0v) is 8.69. The first-order valence-electron chi connectivity index (χ1n) is 4.81. The van der Waals surface area contributed by atoms with Crippen LogP contribution in [0.15, 0.2) is 12.4 Å². The Hall–Kier alpha value is -1.65. The standard InChI is InChI=1S/C10H13N3O2/c1-10(2)4-7(10)13-8-3-6(9(14)15)11-5-12-8/h3,5,7H,4H2,1-2H3,(H,14,15)(H,11,12,13). The zero-order valence-electron chi connectivity index (χ0n) is 8.69. The fraction of sp³-hybridized carbons (Fsp3) is 0.500. The minimum Gasteiger partial charge on any atom is -0.477 e. The predicted molar refractivity (Wildman–Crippen MR) is 54.8 cm³/mol. The van der Waals surface area contributed by atoms with E-state index in [1.807, 2.05) is 0 Å². The number of aromatic nitrogens is 2. The third kappa shape index (κ3) is 2.06. The molecular formula is C10H13N3O2. The molecule has 0 saturated heterocycles. The smallest absolute Gasteiger partial charge is 0.354 e. The molecule has 0 radical (unpaired) electrons. The van der Waals surface area contributed by atoms with Crippen molar-refractivity contribution in [3.8, 4) is 0 Å². The molecule has 1 atom stereocenters. The topological polar surface area (TPSA) is 75.1 Å². The Morgan fingerprint density at radius 1 is 1.60 bits per heavy atom. The summed E-state index contributed by atoms with van der Waals surface area (Å²) >= 11 is 0. The number of rotatable bonds is 3. The van der Waals surface area contributed by atoms with Gasteiger partial charge in [0.25, 0.3) is 0 Å². The Balaban J connectivity index is 2.09. The molecule has 1 aromatic rings. The van der Waals surface area contributed by atoms with Gasteiger partial charge in [0, 0.05) is 12.1 Å². The van der Waals surface area contributed by atoms with E-state index in [9.17, 15) is 4.79 Å². The molecule has 0 spiro atoms. The van der Waals surface area contributed by atoms with Crippen molar-refractivity contribution in [3.63, 3.8) is 0 Å². The first-order valence-corrected chi connectivity index (χ1v) is 4.81. The lowest BCUT2D eigenvalue weighted by atomic mass is 10.2. The van der Waals surface area contributed by atoms with Gasteiger partial charge in [0.2, 0.25) is 0 Å². The molecule has 1 aromatic heterocycles. The number of nitrogens with zero attached hydrogens (tertiary/aromatic N) is 2. The van der Waals surface area contributed by atoms with Gasteiger partial charge < -0.3 is 10.4 Å². The number of aromatic carboxylic acids is 1. The Morgan fingerprint density at radius 3 is 2.80 bits per heavy atom. The zero-order chi connectivity index (χ0) is 11.1. The largest absolute Gasteiger partial charge is 0.477 e. The molecule has 5 nitrogen and oxygen atoms in total. The summed E-state index contributed by atoms with van der Waals surface area (Å²) in [6, 6.07) is 1.84. The lowest BCUT2D eigenvalue weighted by molar-refractivity contribution is 0.0690. The number of hydrogen-bond donors (Lipinski definition) is 2. The first-order chi connectivity index (χ1) is 6.99. The van der Waals surface area contributed by atoms with Crippen molar-refractivity contribution in [3.05, 3.63) is 18.1 Å². The van der Waals surface area contributed by atoms with E-state index in [1.54, 1.807) is 0 Å². The molecule has 1 fully saturated rings. The maximum Gasteiger partial charge on any atom is 0.354 e. The highest BCUT2D eigenvalue weighted by atomic mass is 16.4. The maximum absolute atomic E-state index is 10.7. The summed E-state index contributed by atoms with van der Waals surface area (Å²) in [7, 11) is 0. The Kier molecular flexibility index (Phi) is 2.10. The number of carboxylic acids is 1. The van der Waals surface area contributed by atoms with Crippen LogP contribution in [0.25, 0.3) is 0 Å². The summed E-state index contributed by atoms with van der Waals surface area (Å²) in [4.78, 5) is 18.3. The van der Waals surface area contributed by atoms with Crippen LogP contribution in [0.1, 0.15) is 30.8 Å². The van der Waals surface area contributed by atoms with Gasteiger partial charge >= 0.3 is 5.97 Å². The van der Waals surface area contributed by atoms with Crippen molar-refractivity contribution in [2.24, 2.45) is 5.41 Å². The predicted octanol–water partition coefficient (Wildman–Crippen LogP) is 1.39. The fourth-order valence-corrected chi connectivity index (χ4v) is 1.45. The summed E-state index contributed by atoms with van der Waals surface area (Å²) in [6.45, 7) is 4.31. The van der Waals surface area contributed by atoms with Crippen LogP contribution in [0.5, 0.6) is 0 Å². The minimum absolute atomic E-state index is 0.0194. The summed E-state index contributed by atoms with van der Waals surface area (Å²) in [6.07, 6.45) is 2.35. The lowest BCUT2D eigenvalue weighted by Gasteiger charge is -2.06. The van der Waals surface area contributed by atoms with Crippen molar-refractivity contribution >= 4 is 11.8 Å². The molecule has 80 valence electrons. The molecule has 5 heteroatoms. The third-order valence-electron chi connectivity index (χ3n) is 2.72. The van der Waals surface area contributed by atoms with Crippen molar-refractivity contribution in [2.75, 3.05) is 5.32 Å². The molecule has 1 unspecified atom stereocenters. The fourth-order valence-electron chi connectivity index (χ4n) is 1.45. The molecule has 1 heterocycles. The average molecular weight is 207 g/mol. The second-order valence-corrected chi connectivity index (χ2v) is 4.48. The molecule has 0 amide bonds. The van der Waals surface area contributed by atoms with Crippen LogP contribution in [-0.4, -0.2) is 27.1 Å². The highest BCUT2D eigenvalue weighted by Crippen LogP contribution is 2.46. The Labute approximate surface area is 87.6 Å². The monoisotopic (exact) mass is 207 g/mol. The van der Waals surface area contributed by atoms with Crippen molar-refractivity contribution in [2.45, 2.75) is 26.3 Å². The van der Waals surface area contributed by atoms with Crippen LogP contribution in [0.2, 0.25) is 0 Å². The van der Waals surface area contributed by atoms with Crippen LogP contribution in [0.3, 0.4) is 0 Å². The number of hydrogen-bond acceptors (Lipinski definition) is 4. The van der Waals surface area contributed by atoms with Crippen LogP contribution in [0.4, 0.5) is 5.82 Å². The van der Waals surface area contributed by atoms with Gasteiger partial charge in [-0.1, -0.05) is 13.8 Å². The van der Waals surface area contributed by atoms with E-state index in [0.717, 1.165) is 6.42 Å². The third-order valence-corrected chi connectivity index (χ3v) is 2.72. The molecule has 0 aliphatic heterocycles. The SMILES string of the molecule is CC1(C)CC1Nc1cc(C(=O)O)ncn1. The van der Waals surface area contributed by atoms with E-state index in [1.165, 1.54) is 12.4 Å². The van der Waals surface area contributed by atoms with E-state index < -0.39 is 5.97 Å². The van der Waals surface area contributed by atoms with Gasteiger partial charge in [-0.05, 0) is 11.8 Å². The number of carboxylic acid groups (broad SMARTS) is 1.